The Kier molecular flexibility index (Phi) is 5.61. The number of hydrogen-bond acceptors (Lipinski definition) is 4. The molecule has 1 aliphatic rings. The molecule has 126 valence electrons. The third-order valence-electron chi connectivity index (χ3n) is 4.05. The molecule has 2 aromatic rings. The maximum absolute atomic E-state index is 12.2. The zero-order chi connectivity index (χ0) is 16.8. The van der Waals surface area contributed by atoms with E-state index in [0.29, 0.717) is 17.0 Å². The molecule has 1 fully saturated rings. The smallest absolute Gasteiger partial charge is 0.261 e. The lowest BCUT2D eigenvalue weighted by molar-refractivity contribution is 0.0927. The highest BCUT2D eigenvalue weighted by atomic mass is 32.1. The molecule has 2 heterocycles. The van der Waals surface area contributed by atoms with Crippen LogP contribution in [0.3, 0.4) is 0 Å². The fourth-order valence-corrected chi connectivity index (χ4v) is 3.34. The monoisotopic (exact) mass is 343 g/mol. The lowest BCUT2D eigenvalue weighted by Gasteiger charge is -2.23. The minimum Gasteiger partial charge on any atom is -0.348 e. The molecular weight excluding hydrogens is 322 g/mol. The Morgan fingerprint density at radius 2 is 2.00 bits per heavy atom. The molecule has 0 radical (unpaired) electrons. The lowest BCUT2D eigenvalue weighted by atomic mass is 10.1. The molecule has 5 nitrogen and oxygen atoms in total. The molecular formula is C18H21N3O2S. The van der Waals surface area contributed by atoms with Gasteiger partial charge in [-0.05, 0) is 48.5 Å². The molecule has 1 aromatic heterocycles. The van der Waals surface area contributed by atoms with Crippen molar-refractivity contribution in [3.8, 4) is 0 Å². The summed E-state index contributed by atoms with van der Waals surface area (Å²) < 4.78 is 0. The minimum absolute atomic E-state index is 0.0436. The average Bonchev–Trinajstić information content (AvgIpc) is 3.16. The Hall–Kier alpha value is -2.18. The van der Waals surface area contributed by atoms with Gasteiger partial charge in [0.25, 0.3) is 11.8 Å². The Bertz CT molecular complexity index is 677. The van der Waals surface area contributed by atoms with Gasteiger partial charge >= 0.3 is 0 Å². The molecule has 0 bridgehead atoms. The molecule has 6 heteroatoms. The van der Waals surface area contributed by atoms with Crippen LogP contribution in [0.15, 0.2) is 41.8 Å². The standard InChI is InChI=1S/C18H21N3O2S/c22-17(21-15-3-1-9-19-12-15)14-7-5-13(6-8-14)11-20-18(23)16-4-2-10-24-16/h2,4-8,10,15,19H,1,3,9,11-12H2,(H,20,23)(H,21,22). The third kappa shape index (κ3) is 4.43. The van der Waals surface area contributed by atoms with Crippen molar-refractivity contribution in [1.29, 1.82) is 0 Å². The van der Waals surface area contributed by atoms with E-state index in [9.17, 15) is 9.59 Å². The number of piperidine rings is 1. The topological polar surface area (TPSA) is 70.2 Å². The number of carbonyl (C=O) groups is 2. The van der Waals surface area contributed by atoms with Gasteiger partial charge in [0.1, 0.15) is 0 Å². The van der Waals surface area contributed by atoms with Crippen LogP contribution in [0.25, 0.3) is 0 Å². The van der Waals surface area contributed by atoms with E-state index >= 15 is 0 Å². The van der Waals surface area contributed by atoms with Crippen molar-refractivity contribution in [3.05, 3.63) is 57.8 Å². The van der Waals surface area contributed by atoms with E-state index in [0.717, 1.165) is 31.5 Å². The summed E-state index contributed by atoms with van der Waals surface area (Å²) in [6.07, 6.45) is 2.11. The second kappa shape index (κ2) is 8.08. The molecule has 3 rings (SSSR count). The molecule has 0 saturated carbocycles. The van der Waals surface area contributed by atoms with Crippen LogP contribution in [-0.2, 0) is 6.54 Å². The molecule has 1 saturated heterocycles. The van der Waals surface area contributed by atoms with Crippen molar-refractivity contribution in [2.75, 3.05) is 13.1 Å². The van der Waals surface area contributed by atoms with E-state index < -0.39 is 0 Å². The fraction of sp³-hybridized carbons (Fsp3) is 0.333. The Labute approximate surface area is 145 Å². The number of rotatable bonds is 5. The van der Waals surface area contributed by atoms with Gasteiger partial charge in [0.2, 0.25) is 0 Å². The summed E-state index contributed by atoms with van der Waals surface area (Å²) in [5.41, 5.74) is 1.62. The molecule has 24 heavy (non-hydrogen) atoms. The van der Waals surface area contributed by atoms with Crippen LogP contribution in [-0.4, -0.2) is 30.9 Å². The SMILES string of the molecule is O=C(NC1CCCNC1)c1ccc(CNC(=O)c2cccs2)cc1. The Morgan fingerprint density at radius 3 is 2.67 bits per heavy atom. The first kappa shape index (κ1) is 16.7. The van der Waals surface area contributed by atoms with E-state index in [1.807, 2.05) is 23.6 Å². The van der Waals surface area contributed by atoms with Gasteiger partial charge in [-0.2, -0.15) is 0 Å². The first-order valence-electron chi connectivity index (χ1n) is 8.14. The number of benzene rings is 1. The highest BCUT2D eigenvalue weighted by Gasteiger charge is 2.16. The zero-order valence-corrected chi connectivity index (χ0v) is 14.2. The summed E-state index contributed by atoms with van der Waals surface area (Å²) in [5, 5.41) is 11.1. The van der Waals surface area contributed by atoms with Crippen LogP contribution in [0.1, 0.15) is 38.4 Å². The molecule has 1 atom stereocenters. The van der Waals surface area contributed by atoms with Crippen LogP contribution < -0.4 is 16.0 Å². The molecule has 0 aliphatic carbocycles. The van der Waals surface area contributed by atoms with E-state index in [4.69, 9.17) is 0 Å². The summed E-state index contributed by atoms with van der Waals surface area (Å²) in [4.78, 5) is 24.8. The minimum atomic E-state index is -0.0726. The second-order valence-corrected chi connectivity index (χ2v) is 6.82. The van der Waals surface area contributed by atoms with Crippen molar-refractivity contribution in [2.24, 2.45) is 0 Å². The van der Waals surface area contributed by atoms with Gasteiger partial charge in [0.15, 0.2) is 0 Å². The van der Waals surface area contributed by atoms with E-state index in [2.05, 4.69) is 16.0 Å². The Balaban J connectivity index is 1.51. The van der Waals surface area contributed by atoms with Gasteiger partial charge in [0, 0.05) is 24.7 Å². The van der Waals surface area contributed by atoms with Crippen LogP contribution >= 0.6 is 11.3 Å². The quantitative estimate of drug-likeness (QED) is 0.779. The van der Waals surface area contributed by atoms with Crippen molar-refractivity contribution in [1.82, 2.24) is 16.0 Å². The summed E-state index contributed by atoms with van der Waals surface area (Å²) in [6.45, 7) is 2.31. The van der Waals surface area contributed by atoms with Crippen molar-refractivity contribution in [3.63, 3.8) is 0 Å². The average molecular weight is 343 g/mol. The predicted molar refractivity (Wildman–Crippen MR) is 95.3 cm³/mol. The molecule has 1 aromatic carbocycles. The number of amides is 2. The predicted octanol–water partition coefficient (Wildman–Crippen LogP) is 2.16. The van der Waals surface area contributed by atoms with Crippen LogP contribution in [0, 0.1) is 0 Å². The maximum atomic E-state index is 12.2. The molecule has 1 unspecified atom stereocenters. The van der Waals surface area contributed by atoms with E-state index in [-0.39, 0.29) is 17.9 Å². The van der Waals surface area contributed by atoms with Gasteiger partial charge in [-0.25, -0.2) is 0 Å². The highest BCUT2D eigenvalue weighted by Crippen LogP contribution is 2.10. The number of thiophene rings is 1. The third-order valence-corrected chi connectivity index (χ3v) is 4.91. The maximum Gasteiger partial charge on any atom is 0.261 e. The largest absolute Gasteiger partial charge is 0.348 e. The van der Waals surface area contributed by atoms with Crippen molar-refractivity contribution >= 4 is 23.2 Å². The van der Waals surface area contributed by atoms with E-state index in [1.54, 1.807) is 18.2 Å². The molecule has 1 aliphatic heterocycles. The first-order valence-corrected chi connectivity index (χ1v) is 9.02. The van der Waals surface area contributed by atoms with Crippen molar-refractivity contribution in [2.45, 2.75) is 25.4 Å². The van der Waals surface area contributed by atoms with Crippen LogP contribution in [0.5, 0.6) is 0 Å². The fourth-order valence-electron chi connectivity index (χ4n) is 2.69. The summed E-state index contributed by atoms with van der Waals surface area (Å²) in [6, 6.07) is 11.2. The summed E-state index contributed by atoms with van der Waals surface area (Å²) in [7, 11) is 0. The van der Waals surface area contributed by atoms with Crippen molar-refractivity contribution < 1.29 is 9.59 Å². The Morgan fingerprint density at radius 1 is 1.17 bits per heavy atom. The summed E-state index contributed by atoms with van der Waals surface area (Å²) in [5.74, 6) is -0.116. The number of hydrogen-bond donors (Lipinski definition) is 3. The summed E-state index contributed by atoms with van der Waals surface area (Å²) >= 11 is 1.42. The normalized spacial score (nSPS) is 17.2. The van der Waals surface area contributed by atoms with Gasteiger partial charge in [0.05, 0.1) is 4.88 Å². The van der Waals surface area contributed by atoms with Crippen LogP contribution in [0.4, 0.5) is 0 Å². The lowest BCUT2D eigenvalue weighted by Crippen LogP contribution is -2.45. The molecule has 3 N–H and O–H groups in total. The first-order chi connectivity index (χ1) is 11.7. The van der Waals surface area contributed by atoms with Gasteiger partial charge in [-0.15, -0.1) is 11.3 Å². The number of nitrogens with one attached hydrogen (secondary N) is 3. The number of carbonyl (C=O) groups excluding carboxylic acids is 2. The van der Waals surface area contributed by atoms with Gasteiger partial charge in [-0.3, -0.25) is 9.59 Å². The second-order valence-electron chi connectivity index (χ2n) is 5.87. The molecule has 2 amide bonds. The highest BCUT2D eigenvalue weighted by molar-refractivity contribution is 7.12. The van der Waals surface area contributed by atoms with Crippen LogP contribution in [0.2, 0.25) is 0 Å². The van der Waals surface area contributed by atoms with E-state index in [1.165, 1.54) is 11.3 Å². The zero-order valence-electron chi connectivity index (χ0n) is 13.4. The molecule has 0 spiro atoms. The van der Waals surface area contributed by atoms with Gasteiger partial charge in [-0.1, -0.05) is 18.2 Å². The van der Waals surface area contributed by atoms with Gasteiger partial charge < -0.3 is 16.0 Å².